The summed E-state index contributed by atoms with van der Waals surface area (Å²) in [4.78, 5) is 0. The third kappa shape index (κ3) is 4.54. The molecule has 0 saturated carbocycles. The molecule has 0 aliphatic carbocycles. The van der Waals surface area contributed by atoms with Gasteiger partial charge in [-0.2, -0.15) is 0 Å². The molecule has 1 rings (SSSR count). The average molecular weight is 426 g/mol. The summed E-state index contributed by atoms with van der Waals surface area (Å²) in [5.74, 6) is 0. The van der Waals surface area contributed by atoms with Gasteiger partial charge >= 0.3 is 17.8 Å². The fourth-order valence-corrected chi connectivity index (χ4v) is 7.91. The van der Waals surface area contributed by atoms with Gasteiger partial charge in [0.1, 0.15) is 0 Å². The van der Waals surface area contributed by atoms with Crippen molar-refractivity contribution >= 4 is 23.1 Å². The monoisotopic (exact) mass is 425 g/mol. The molecular formula is C16H32ClNO6Si2. The molecule has 152 valence electrons. The van der Waals surface area contributed by atoms with Crippen LogP contribution in [0.25, 0.3) is 0 Å². The van der Waals surface area contributed by atoms with Crippen LogP contribution in [0.2, 0.25) is 0 Å². The lowest BCUT2D eigenvalue weighted by atomic mass is 10.0. The van der Waals surface area contributed by atoms with E-state index in [0.29, 0.717) is 0 Å². The van der Waals surface area contributed by atoms with Crippen LogP contribution in [0.3, 0.4) is 0 Å². The summed E-state index contributed by atoms with van der Waals surface area (Å²) < 4.78 is 36.4. The zero-order valence-corrected chi connectivity index (χ0v) is 19.8. The minimum Gasteiger partial charge on any atom is -1.00 e. The summed E-state index contributed by atoms with van der Waals surface area (Å²) in [6.07, 6.45) is 4.73. The second-order valence-corrected chi connectivity index (χ2v) is 11.0. The van der Waals surface area contributed by atoms with Gasteiger partial charge in [0, 0.05) is 54.3 Å². The van der Waals surface area contributed by atoms with Crippen LogP contribution in [-0.4, -0.2) is 60.4 Å². The van der Waals surface area contributed by atoms with E-state index in [1.807, 2.05) is 10.4 Å². The normalized spacial score (nSPS) is 12.2. The lowest BCUT2D eigenvalue weighted by molar-refractivity contribution is -0.579. The zero-order chi connectivity index (χ0) is 19.1. The Kier molecular flexibility index (Phi) is 11.3. The van der Waals surface area contributed by atoms with E-state index in [2.05, 4.69) is 19.9 Å². The maximum atomic E-state index is 5.80. The number of hydrogen-bond donors (Lipinski definition) is 0. The number of pyridine rings is 1. The molecule has 0 radical (unpaired) electrons. The van der Waals surface area contributed by atoms with E-state index in [1.54, 1.807) is 42.7 Å². The minimum absolute atomic E-state index is 0. The zero-order valence-electron chi connectivity index (χ0n) is 17.1. The topological polar surface area (TPSA) is 59.3 Å². The van der Waals surface area contributed by atoms with Crippen LogP contribution in [0.1, 0.15) is 31.4 Å². The third-order valence-corrected chi connectivity index (χ3v) is 9.85. The predicted molar refractivity (Wildman–Crippen MR) is 98.6 cm³/mol. The first-order valence-electron chi connectivity index (χ1n) is 8.37. The van der Waals surface area contributed by atoms with Gasteiger partial charge in [0.2, 0.25) is 5.32 Å². The molecule has 10 heteroatoms. The molecule has 1 aromatic heterocycles. The summed E-state index contributed by atoms with van der Waals surface area (Å²) in [6, 6.07) is 2.09. The van der Waals surface area contributed by atoms with Gasteiger partial charge in [-0.3, -0.25) is 0 Å². The molecule has 0 unspecified atom stereocenters. The van der Waals surface area contributed by atoms with Crippen LogP contribution in [0.15, 0.2) is 12.3 Å². The van der Waals surface area contributed by atoms with Gasteiger partial charge in [-0.05, 0) is 18.4 Å². The van der Waals surface area contributed by atoms with Crippen LogP contribution in [0, 0.1) is 0 Å². The van der Waals surface area contributed by atoms with E-state index in [4.69, 9.17) is 26.6 Å². The molecular weight excluding hydrogens is 394 g/mol. The molecule has 0 aliphatic rings. The first-order chi connectivity index (χ1) is 12.0. The highest BCUT2D eigenvalue weighted by atomic mass is 35.5. The highest BCUT2D eigenvalue weighted by Gasteiger charge is 2.64. The lowest BCUT2D eigenvalue weighted by Crippen LogP contribution is -3.00. The predicted octanol–water partition coefficient (Wildman–Crippen LogP) is -2.20. The van der Waals surface area contributed by atoms with Crippen molar-refractivity contribution in [1.82, 2.24) is 0 Å². The van der Waals surface area contributed by atoms with Crippen molar-refractivity contribution in [3.05, 3.63) is 23.4 Å². The van der Waals surface area contributed by atoms with Crippen molar-refractivity contribution in [2.45, 2.75) is 33.1 Å². The number of hydrogen-bond acceptors (Lipinski definition) is 6. The van der Waals surface area contributed by atoms with Crippen LogP contribution < -0.4 is 22.0 Å². The second kappa shape index (κ2) is 11.5. The van der Waals surface area contributed by atoms with Gasteiger partial charge in [-0.15, -0.1) is 0 Å². The first-order valence-corrected chi connectivity index (χ1v) is 11.8. The van der Waals surface area contributed by atoms with Crippen molar-refractivity contribution in [1.29, 1.82) is 0 Å². The molecule has 26 heavy (non-hydrogen) atoms. The fourth-order valence-electron chi connectivity index (χ4n) is 3.18. The Hall–Kier alpha value is -0.366. The van der Waals surface area contributed by atoms with Crippen molar-refractivity contribution in [2.75, 3.05) is 42.7 Å². The average Bonchev–Trinajstić information content (AvgIpc) is 2.66. The summed E-state index contributed by atoms with van der Waals surface area (Å²) in [5, 5.41) is 0.825. The van der Waals surface area contributed by atoms with E-state index < -0.39 is 17.8 Å². The van der Waals surface area contributed by atoms with Crippen LogP contribution in [-0.2, 0) is 39.4 Å². The quantitative estimate of drug-likeness (QED) is 0.375. The number of aromatic nitrogens is 1. The maximum Gasteiger partial charge on any atom is 0.871 e. The van der Waals surface area contributed by atoms with E-state index in [1.165, 1.54) is 5.56 Å². The smallest absolute Gasteiger partial charge is 0.871 e. The van der Waals surface area contributed by atoms with E-state index in [-0.39, 0.29) is 12.4 Å². The van der Waals surface area contributed by atoms with Crippen molar-refractivity contribution in [3.8, 4) is 0 Å². The van der Waals surface area contributed by atoms with Crippen molar-refractivity contribution < 1.29 is 43.2 Å². The Labute approximate surface area is 165 Å². The largest absolute Gasteiger partial charge is 1.00 e. The molecule has 0 aromatic carbocycles. The minimum atomic E-state index is -3.18. The van der Waals surface area contributed by atoms with Gasteiger partial charge < -0.3 is 39.0 Å². The molecule has 0 fully saturated rings. The molecule has 0 atom stereocenters. The van der Waals surface area contributed by atoms with Crippen LogP contribution in [0.4, 0.5) is 0 Å². The molecule has 1 aromatic rings. The SMILES string of the molecule is CCCc1cc[n+]([Si](OC)(OC)OC)c([Si](OC)(OC)OC)c1CC.[Cl-]. The van der Waals surface area contributed by atoms with Gasteiger partial charge in [0.15, 0.2) is 6.20 Å². The fraction of sp³-hybridized carbons (Fsp3) is 0.688. The number of aryl methyl sites for hydroxylation is 1. The molecule has 0 amide bonds. The van der Waals surface area contributed by atoms with Gasteiger partial charge in [-0.25, -0.2) is 4.23 Å². The number of rotatable bonds is 11. The molecule has 0 aliphatic heterocycles. The summed E-state index contributed by atoms with van der Waals surface area (Å²) >= 11 is 0. The molecule has 7 nitrogen and oxygen atoms in total. The molecule has 0 spiro atoms. The Balaban J connectivity index is 0.00000625. The third-order valence-electron chi connectivity index (χ3n) is 4.38. The standard InChI is InChI=1S/C16H32NO6Si2.ClH/c1-9-11-14-12-13-17(25(21-6,22-7)23-8)16(15(14)10-2)24(18-3,19-4)20-5;/h12-13H,9-11H2,1-8H3;1H/q+1;/p-1. The van der Waals surface area contributed by atoms with Crippen molar-refractivity contribution in [2.24, 2.45) is 0 Å². The van der Waals surface area contributed by atoms with Crippen molar-refractivity contribution in [3.63, 3.8) is 0 Å². The Morgan fingerprint density at radius 3 is 1.69 bits per heavy atom. The number of halogens is 1. The lowest BCUT2D eigenvalue weighted by Gasteiger charge is -2.28. The maximum absolute atomic E-state index is 5.80. The molecule has 1 heterocycles. The van der Waals surface area contributed by atoms with E-state index in [9.17, 15) is 0 Å². The first kappa shape index (κ1) is 25.6. The number of nitrogens with zero attached hydrogens (tertiary/aromatic N) is 1. The second-order valence-electron chi connectivity index (χ2n) is 5.45. The van der Waals surface area contributed by atoms with Crippen LogP contribution in [0.5, 0.6) is 0 Å². The molecule has 0 saturated heterocycles. The van der Waals surface area contributed by atoms with Crippen LogP contribution >= 0.6 is 0 Å². The Morgan fingerprint density at radius 2 is 1.35 bits per heavy atom. The van der Waals surface area contributed by atoms with E-state index >= 15 is 0 Å². The molecule has 0 bridgehead atoms. The van der Waals surface area contributed by atoms with E-state index in [0.717, 1.165) is 30.1 Å². The summed E-state index contributed by atoms with van der Waals surface area (Å²) in [7, 11) is 3.20. The van der Waals surface area contributed by atoms with Gasteiger partial charge in [-0.1, -0.05) is 20.3 Å². The summed E-state index contributed by atoms with van der Waals surface area (Å²) in [5.41, 5.74) is 2.37. The highest BCUT2D eigenvalue weighted by Crippen LogP contribution is 2.16. The molecule has 0 N–H and O–H groups in total. The Bertz CT molecular complexity index is 539. The Morgan fingerprint density at radius 1 is 0.846 bits per heavy atom. The van der Waals surface area contributed by atoms with Gasteiger partial charge in [0.05, 0.1) is 0 Å². The summed E-state index contributed by atoms with van der Waals surface area (Å²) in [6.45, 7) is 4.27. The van der Waals surface area contributed by atoms with Gasteiger partial charge in [0.25, 0.3) is 0 Å². The highest BCUT2D eigenvalue weighted by molar-refractivity contribution is 6.75.